The second-order valence-electron chi connectivity index (χ2n) is 2.90. The average Bonchev–Trinajstić information content (AvgIpc) is 2.65. The molecule has 0 bridgehead atoms. The second kappa shape index (κ2) is 3.74. The Kier molecular flexibility index (Phi) is 2.44. The zero-order chi connectivity index (χ0) is 9.97. The smallest absolute Gasteiger partial charge is 0.0991 e. The summed E-state index contributed by atoms with van der Waals surface area (Å²) >= 11 is 1.57. The molecule has 70 valence electrons. The van der Waals surface area contributed by atoms with Crippen LogP contribution in [-0.2, 0) is 0 Å². The quantitative estimate of drug-likeness (QED) is 0.762. The summed E-state index contributed by atoms with van der Waals surface area (Å²) in [4.78, 5) is 1.02. The molecular formula is C10H8N2OS. The third-order valence-corrected chi connectivity index (χ3v) is 2.96. The SMILES string of the molecule is N#Cc1ccc(C2=CN(O)CS2)cc1. The Morgan fingerprint density at radius 1 is 1.36 bits per heavy atom. The summed E-state index contributed by atoms with van der Waals surface area (Å²) in [5, 5.41) is 18.9. The van der Waals surface area contributed by atoms with Gasteiger partial charge in [0.05, 0.1) is 17.5 Å². The molecule has 0 unspecified atom stereocenters. The summed E-state index contributed by atoms with van der Waals surface area (Å²) in [7, 11) is 0. The van der Waals surface area contributed by atoms with Gasteiger partial charge in [-0.05, 0) is 17.7 Å². The zero-order valence-corrected chi connectivity index (χ0v) is 8.16. The maximum atomic E-state index is 9.15. The van der Waals surface area contributed by atoms with Crippen LogP contribution in [-0.4, -0.2) is 16.1 Å². The third kappa shape index (κ3) is 1.74. The van der Waals surface area contributed by atoms with Crippen LogP contribution in [0.5, 0.6) is 0 Å². The number of benzene rings is 1. The fourth-order valence-electron chi connectivity index (χ4n) is 1.21. The minimum atomic E-state index is 0.565. The van der Waals surface area contributed by atoms with E-state index in [1.54, 1.807) is 30.1 Å². The van der Waals surface area contributed by atoms with Crippen molar-refractivity contribution in [1.29, 1.82) is 5.26 Å². The van der Waals surface area contributed by atoms with Crippen LogP contribution < -0.4 is 0 Å². The highest BCUT2D eigenvalue weighted by Crippen LogP contribution is 2.33. The summed E-state index contributed by atoms with van der Waals surface area (Å²) in [6.45, 7) is 0. The van der Waals surface area contributed by atoms with E-state index in [1.165, 1.54) is 0 Å². The van der Waals surface area contributed by atoms with Gasteiger partial charge in [0.2, 0.25) is 0 Å². The molecule has 0 saturated heterocycles. The number of nitrogens with zero attached hydrogens (tertiary/aromatic N) is 2. The number of hydrogen-bond donors (Lipinski definition) is 1. The van der Waals surface area contributed by atoms with E-state index in [-0.39, 0.29) is 0 Å². The number of rotatable bonds is 1. The normalized spacial score (nSPS) is 15.1. The first-order valence-electron chi connectivity index (χ1n) is 4.10. The van der Waals surface area contributed by atoms with Crippen molar-refractivity contribution in [3.05, 3.63) is 41.6 Å². The molecule has 0 radical (unpaired) electrons. The van der Waals surface area contributed by atoms with Gasteiger partial charge >= 0.3 is 0 Å². The Balaban J connectivity index is 2.26. The summed E-state index contributed by atoms with van der Waals surface area (Å²) in [5.74, 6) is 0.565. The van der Waals surface area contributed by atoms with E-state index in [9.17, 15) is 0 Å². The molecule has 1 aliphatic heterocycles. The van der Waals surface area contributed by atoms with E-state index in [0.717, 1.165) is 15.5 Å². The van der Waals surface area contributed by atoms with Crippen LogP contribution in [0.2, 0.25) is 0 Å². The van der Waals surface area contributed by atoms with Gasteiger partial charge in [-0.2, -0.15) is 5.26 Å². The maximum absolute atomic E-state index is 9.15. The van der Waals surface area contributed by atoms with E-state index in [1.807, 2.05) is 12.1 Å². The zero-order valence-electron chi connectivity index (χ0n) is 7.34. The predicted molar refractivity (Wildman–Crippen MR) is 55.2 cm³/mol. The van der Waals surface area contributed by atoms with E-state index < -0.39 is 0 Å². The topological polar surface area (TPSA) is 47.3 Å². The van der Waals surface area contributed by atoms with Gasteiger partial charge in [-0.25, -0.2) is 0 Å². The summed E-state index contributed by atoms with van der Waals surface area (Å²) in [6, 6.07) is 9.39. The summed E-state index contributed by atoms with van der Waals surface area (Å²) < 4.78 is 0. The molecule has 3 nitrogen and oxygen atoms in total. The number of nitriles is 1. The molecule has 14 heavy (non-hydrogen) atoms. The minimum Gasteiger partial charge on any atom is -0.288 e. The Morgan fingerprint density at radius 3 is 2.57 bits per heavy atom. The Labute approximate surface area is 86.2 Å². The first-order chi connectivity index (χ1) is 6.79. The van der Waals surface area contributed by atoms with Crippen LogP contribution >= 0.6 is 11.8 Å². The van der Waals surface area contributed by atoms with Crippen molar-refractivity contribution in [2.75, 3.05) is 5.88 Å². The largest absolute Gasteiger partial charge is 0.288 e. The molecule has 0 saturated carbocycles. The molecule has 0 atom stereocenters. The van der Waals surface area contributed by atoms with Gasteiger partial charge in [0, 0.05) is 11.1 Å². The molecule has 0 fully saturated rings. The molecule has 0 aromatic heterocycles. The summed E-state index contributed by atoms with van der Waals surface area (Å²) in [6.07, 6.45) is 1.69. The fraction of sp³-hybridized carbons (Fsp3) is 0.100. The number of hydrogen-bond acceptors (Lipinski definition) is 4. The number of thioether (sulfide) groups is 1. The monoisotopic (exact) mass is 204 g/mol. The lowest BCUT2D eigenvalue weighted by Gasteiger charge is -1.98. The maximum Gasteiger partial charge on any atom is 0.0991 e. The van der Waals surface area contributed by atoms with E-state index in [2.05, 4.69) is 6.07 Å². The molecule has 1 heterocycles. The standard InChI is InChI=1S/C10H8N2OS/c11-5-8-1-3-9(4-2-8)10-6-12(13)7-14-10/h1-4,6,13H,7H2. The van der Waals surface area contributed by atoms with Crippen LogP contribution in [0.1, 0.15) is 11.1 Å². The predicted octanol–water partition coefficient (Wildman–Crippen LogP) is 2.25. The van der Waals surface area contributed by atoms with Gasteiger partial charge in [0.15, 0.2) is 0 Å². The average molecular weight is 204 g/mol. The molecule has 2 rings (SSSR count). The Morgan fingerprint density at radius 2 is 2.07 bits per heavy atom. The van der Waals surface area contributed by atoms with Crippen molar-refractivity contribution < 1.29 is 5.21 Å². The van der Waals surface area contributed by atoms with Gasteiger partial charge in [0.25, 0.3) is 0 Å². The first kappa shape index (κ1) is 9.13. The van der Waals surface area contributed by atoms with Crippen molar-refractivity contribution >= 4 is 16.7 Å². The molecule has 0 aliphatic carbocycles. The fourth-order valence-corrected chi connectivity index (χ4v) is 2.06. The lowest BCUT2D eigenvalue weighted by atomic mass is 10.1. The van der Waals surface area contributed by atoms with Crippen molar-refractivity contribution in [3.8, 4) is 6.07 Å². The second-order valence-corrected chi connectivity index (χ2v) is 3.88. The molecule has 1 aromatic rings. The highest BCUT2D eigenvalue weighted by molar-refractivity contribution is 8.08. The van der Waals surface area contributed by atoms with Gasteiger partial charge in [-0.1, -0.05) is 23.9 Å². The molecule has 1 aromatic carbocycles. The lowest BCUT2D eigenvalue weighted by molar-refractivity contribution is -0.0170. The third-order valence-electron chi connectivity index (χ3n) is 1.92. The lowest BCUT2D eigenvalue weighted by Crippen LogP contribution is -2.04. The van der Waals surface area contributed by atoms with Gasteiger partial charge < -0.3 is 0 Å². The summed E-state index contributed by atoms with van der Waals surface area (Å²) in [5.41, 5.74) is 1.68. The highest BCUT2D eigenvalue weighted by Gasteiger charge is 2.12. The van der Waals surface area contributed by atoms with Crippen LogP contribution in [0, 0.1) is 11.3 Å². The van der Waals surface area contributed by atoms with E-state index in [4.69, 9.17) is 10.5 Å². The van der Waals surface area contributed by atoms with Crippen molar-refractivity contribution in [2.24, 2.45) is 0 Å². The van der Waals surface area contributed by atoms with Crippen LogP contribution in [0.4, 0.5) is 0 Å². The Bertz CT molecular complexity index is 405. The molecular weight excluding hydrogens is 196 g/mol. The number of hydroxylamine groups is 2. The van der Waals surface area contributed by atoms with E-state index >= 15 is 0 Å². The van der Waals surface area contributed by atoms with E-state index in [0.29, 0.717) is 11.4 Å². The first-order valence-corrected chi connectivity index (χ1v) is 5.09. The Hall–Kier alpha value is -1.44. The van der Waals surface area contributed by atoms with Crippen molar-refractivity contribution in [2.45, 2.75) is 0 Å². The van der Waals surface area contributed by atoms with Gasteiger partial charge in [-0.15, -0.1) is 0 Å². The molecule has 0 amide bonds. The molecule has 4 heteroatoms. The van der Waals surface area contributed by atoms with Crippen LogP contribution in [0.3, 0.4) is 0 Å². The van der Waals surface area contributed by atoms with Gasteiger partial charge in [-0.3, -0.25) is 10.3 Å². The van der Waals surface area contributed by atoms with Gasteiger partial charge in [0.1, 0.15) is 0 Å². The molecule has 1 aliphatic rings. The highest BCUT2D eigenvalue weighted by atomic mass is 32.2. The van der Waals surface area contributed by atoms with Crippen molar-refractivity contribution in [3.63, 3.8) is 0 Å². The van der Waals surface area contributed by atoms with Crippen LogP contribution in [0.15, 0.2) is 30.5 Å². The molecule has 0 spiro atoms. The minimum absolute atomic E-state index is 0.565. The van der Waals surface area contributed by atoms with Crippen molar-refractivity contribution in [1.82, 2.24) is 5.06 Å². The van der Waals surface area contributed by atoms with Crippen LogP contribution in [0.25, 0.3) is 4.91 Å². The molecule has 1 N–H and O–H groups in total.